The molecule has 3 aromatic rings. The number of carbonyl (C=O) groups is 1. The Labute approximate surface area is 165 Å². The van der Waals surface area contributed by atoms with E-state index in [-0.39, 0.29) is 22.4 Å². The van der Waals surface area contributed by atoms with Crippen molar-refractivity contribution in [2.45, 2.75) is 25.5 Å². The summed E-state index contributed by atoms with van der Waals surface area (Å²) >= 11 is 12.1. The van der Waals surface area contributed by atoms with E-state index in [1.165, 1.54) is 35.7 Å². The van der Waals surface area contributed by atoms with Crippen LogP contribution in [-0.4, -0.2) is 36.2 Å². The third-order valence-corrected chi connectivity index (χ3v) is 4.46. The van der Waals surface area contributed by atoms with Gasteiger partial charge < -0.3 is 9.84 Å². The number of hydrogen-bond donors (Lipinski definition) is 1. The number of aromatic nitrogens is 4. The summed E-state index contributed by atoms with van der Waals surface area (Å²) < 4.78 is 7.19. The molecule has 0 bridgehead atoms. The number of rotatable bonds is 6. The van der Waals surface area contributed by atoms with Crippen LogP contribution in [0.2, 0.25) is 10.2 Å². The maximum atomic E-state index is 13.4. The topological polar surface area (TPSA) is 90.1 Å². The van der Waals surface area contributed by atoms with Gasteiger partial charge in [-0.1, -0.05) is 29.3 Å². The first-order chi connectivity index (χ1) is 12.8. The third-order valence-electron chi connectivity index (χ3n) is 3.91. The van der Waals surface area contributed by atoms with Crippen molar-refractivity contribution in [2.24, 2.45) is 0 Å². The van der Waals surface area contributed by atoms with Gasteiger partial charge in [0.2, 0.25) is 5.78 Å². The zero-order chi connectivity index (χ0) is 19.6. The van der Waals surface area contributed by atoms with Crippen LogP contribution in [0.4, 0.5) is 0 Å². The summed E-state index contributed by atoms with van der Waals surface area (Å²) in [4.78, 5) is 21.3. The van der Waals surface area contributed by atoms with Crippen LogP contribution in [0.3, 0.4) is 0 Å². The van der Waals surface area contributed by atoms with Crippen LogP contribution in [0.15, 0.2) is 49.2 Å². The highest BCUT2D eigenvalue weighted by atomic mass is 35.5. The molecule has 0 saturated carbocycles. The second-order valence-corrected chi connectivity index (χ2v) is 7.04. The number of Topliss-reactive ketones (excluding diaryl/α,β-unsaturated/α-hetero) is 1. The smallest absolute Gasteiger partial charge is 0.204 e. The molecular weight excluding hydrogens is 391 g/mol. The molecule has 0 amide bonds. The molecule has 2 heterocycles. The van der Waals surface area contributed by atoms with Crippen LogP contribution in [0.5, 0.6) is 11.5 Å². The van der Waals surface area contributed by atoms with Crippen molar-refractivity contribution in [3.63, 3.8) is 0 Å². The van der Waals surface area contributed by atoms with E-state index in [0.717, 1.165) is 0 Å². The lowest BCUT2D eigenvalue weighted by Gasteiger charge is -2.29. The lowest BCUT2D eigenvalue weighted by Crippen LogP contribution is -2.43. The van der Waals surface area contributed by atoms with Gasteiger partial charge in [-0.3, -0.25) is 4.79 Å². The van der Waals surface area contributed by atoms with Gasteiger partial charge in [0, 0.05) is 22.8 Å². The van der Waals surface area contributed by atoms with Gasteiger partial charge in [0.25, 0.3) is 0 Å². The molecule has 0 aliphatic carbocycles. The Bertz CT molecular complexity index is 961. The van der Waals surface area contributed by atoms with Crippen molar-refractivity contribution < 1.29 is 14.6 Å². The fourth-order valence-corrected chi connectivity index (χ4v) is 2.98. The fraction of sp³-hybridized carbons (Fsp3) is 0.222. The molecule has 1 atom stereocenters. The summed E-state index contributed by atoms with van der Waals surface area (Å²) in [6, 6.07) is 6.85. The molecule has 27 heavy (non-hydrogen) atoms. The highest BCUT2D eigenvalue weighted by Crippen LogP contribution is 2.35. The Hall–Kier alpha value is -2.64. The van der Waals surface area contributed by atoms with E-state index in [1.54, 1.807) is 32.0 Å². The normalized spacial score (nSPS) is 12.6. The molecule has 9 heteroatoms. The molecule has 0 aliphatic rings. The summed E-state index contributed by atoms with van der Waals surface area (Å²) in [6.45, 7) is 3.19. The van der Waals surface area contributed by atoms with E-state index >= 15 is 0 Å². The zero-order valence-electron chi connectivity index (χ0n) is 14.5. The predicted molar refractivity (Wildman–Crippen MR) is 100 cm³/mol. The Kier molecular flexibility index (Phi) is 5.34. The second kappa shape index (κ2) is 7.54. The summed E-state index contributed by atoms with van der Waals surface area (Å²) in [7, 11) is 0. The molecule has 1 unspecified atom stereocenters. The van der Waals surface area contributed by atoms with Crippen LogP contribution in [0.25, 0.3) is 0 Å². The third kappa shape index (κ3) is 4.04. The average molecular weight is 407 g/mol. The van der Waals surface area contributed by atoms with E-state index in [1.807, 2.05) is 0 Å². The minimum Gasteiger partial charge on any atom is -0.504 e. The van der Waals surface area contributed by atoms with Crippen LogP contribution in [0, 0.1) is 0 Å². The molecule has 0 aliphatic heterocycles. The van der Waals surface area contributed by atoms with Gasteiger partial charge in [-0.05, 0) is 32.0 Å². The molecule has 0 fully saturated rings. The van der Waals surface area contributed by atoms with Gasteiger partial charge in [0.1, 0.15) is 23.8 Å². The van der Waals surface area contributed by atoms with Crippen molar-refractivity contribution in [1.82, 2.24) is 19.7 Å². The predicted octanol–water partition coefficient (Wildman–Crippen LogP) is 3.70. The number of pyridine rings is 1. The van der Waals surface area contributed by atoms with E-state index in [4.69, 9.17) is 27.9 Å². The summed E-state index contributed by atoms with van der Waals surface area (Å²) in [6.07, 6.45) is 4.27. The molecule has 3 rings (SSSR count). The standard InChI is InChI=1S/C18H16Cl2N4O3/c1-18(2,27-14-6-5-11(19)8-13(14)25)16(26)15(24-10-21-9-23-24)12-4-3-7-22-17(12)20/h3-10,15,25H,1-2H3. The Morgan fingerprint density at radius 3 is 2.70 bits per heavy atom. The molecule has 140 valence electrons. The van der Waals surface area contributed by atoms with Crippen molar-refractivity contribution in [1.29, 1.82) is 0 Å². The maximum Gasteiger partial charge on any atom is 0.204 e. The monoisotopic (exact) mass is 406 g/mol. The van der Waals surface area contributed by atoms with Crippen LogP contribution >= 0.6 is 23.2 Å². The highest BCUT2D eigenvalue weighted by molar-refractivity contribution is 6.31. The fourth-order valence-electron chi connectivity index (χ4n) is 2.59. The van der Waals surface area contributed by atoms with Crippen molar-refractivity contribution in [3.05, 3.63) is 64.9 Å². The van der Waals surface area contributed by atoms with Gasteiger partial charge >= 0.3 is 0 Å². The summed E-state index contributed by atoms with van der Waals surface area (Å²) in [5.74, 6) is -0.385. The van der Waals surface area contributed by atoms with Crippen LogP contribution < -0.4 is 4.74 Å². The van der Waals surface area contributed by atoms with Gasteiger partial charge in [0.15, 0.2) is 17.1 Å². The Morgan fingerprint density at radius 1 is 1.30 bits per heavy atom. The molecule has 1 N–H and O–H groups in total. The summed E-state index contributed by atoms with van der Waals surface area (Å²) in [5, 5.41) is 14.7. The number of nitrogens with zero attached hydrogens (tertiary/aromatic N) is 4. The first-order valence-corrected chi connectivity index (χ1v) is 8.71. The minimum absolute atomic E-state index is 0.132. The highest BCUT2D eigenvalue weighted by Gasteiger charge is 2.39. The molecule has 0 saturated heterocycles. The van der Waals surface area contributed by atoms with Gasteiger partial charge in [0.05, 0.1) is 0 Å². The molecule has 0 radical (unpaired) electrons. The quantitative estimate of drug-likeness (QED) is 0.627. The summed E-state index contributed by atoms with van der Waals surface area (Å²) in [5.41, 5.74) is -0.868. The number of ketones is 1. The SMILES string of the molecule is CC(C)(Oc1ccc(Cl)cc1O)C(=O)C(c1cccnc1Cl)n1cncn1. The van der Waals surface area contributed by atoms with Crippen molar-refractivity contribution >= 4 is 29.0 Å². The Morgan fingerprint density at radius 2 is 2.07 bits per heavy atom. The van der Waals surface area contributed by atoms with Crippen molar-refractivity contribution in [2.75, 3.05) is 0 Å². The molecule has 7 nitrogen and oxygen atoms in total. The second-order valence-electron chi connectivity index (χ2n) is 6.25. The van der Waals surface area contributed by atoms with Gasteiger partial charge in [-0.25, -0.2) is 14.6 Å². The van der Waals surface area contributed by atoms with Gasteiger partial charge in [-0.2, -0.15) is 5.10 Å². The molecule has 0 spiro atoms. The van der Waals surface area contributed by atoms with Crippen LogP contribution in [-0.2, 0) is 4.79 Å². The number of halogens is 2. The number of aromatic hydroxyl groups is 1. The largest absolute Gasteiger partial charge is 0.504 e. The molecule has 1 aromatic carbocycles. The van der Waals surface area contributed by atoms with Crippen molar-refractivity contribution in [3.8, 4) is 11.5 Å². The molecular formula is C18H16Cl2N4O3. The first kappa shape index (κ1) is 19.1. The number of carbonyl (C=O) groups excluding carboxylic acids is 1. The number of phenolic OH excluding ortho intramolecular Hbond substituents is 1. The van der Waals surface area contributed by atoms with E-state index in [0.29, 0.717) is 10.6 Å². The Balaban J connectivity index is 1.99. The maximum absolute atomic E-state index is 13.4. The lowest BCUT2D eigenvalue weighted by molar-refractivity contribution is -0.134. The van der Waals surface area contributed by atoms with Gasteiger partial charge in [-0.15, -0.1) is 0 Å². The number of benzene rings is 1. The number of hydrogen-bond acceptors (Lipinski definition) is 6. The number of phenols is 1. The minimum atomic E-state index is -1.33. The van der Waals surface area contributed by atoms with E-state index in [9.17, 15) is 9.90 Å². The molecule has 2 aromatic heterocycles. The lowest BCUT2D eigenvalue weighted by atomic mass is 9.92. The van der Waals surface area contributed by atoms with Crippen LogP contribution in [0.1, 0.15) is 25.5 Å². The van der Waals surface area contributed by atoms with E-state index in [2.05, 4.69) is 15.1 Å². The average Bonchev–Trinajstić information content (AvgIpc) is 3.13. The van der Waals surface area contributed by atoms with E-state index < -0.39 is 11.6 Å². The first-order valence-electron chi connectivity index (χ1n) is 7.96. The number of ether oxygens (including phenoxy) is 1. The zero-order valence-corrected chi connectivity index (χ0v) is 16.0.